The molecular formula is C35H34F4N4O5S. The molecule has 1 aliphatic rings. The molecule has 1 aliphatic heterocycles. The third-order valence-corrected chi connectivity index (χ3v) is 8.15. The van der Waals surface area contributed by atoms with Crippen LogP contribution in [0, 0.1) is 5.82 Å². The molecule has 258 valence electrons. The summed E-state index contributed by atoms with van der Waals surface area (Å²) in [7, 11) is 0. The second kappa shape index (κ2) is 16.8. The van der Waals surface area contributed by atoms with Crippen molar-refractivity contribution in [1.82, 2.24) is 9.80 Å². The van der Waals surface area contributed by atoms with E-state index in [0.717, 1.165) is 23.4 Å². The number of aliphatic imine (C=N–C) groups is 1. The predicted octanol–water partition coefficient (Wildman–Crippen LogP) is 8.20. The number of anilines is 1. The van der Waals surface area contributed by atoms with E-state index >= 15 is 0 Å². The van der Waals surface area contributed by atoms with Crippen LogP contribution in [0.5, 0.6) is 0 Å². The van der Waals surface area contributed by atoms with E-state index in [1.165, 1.54) is 16.1 Å². The molecule has 1 heterocycles. The summed E-state index contributed by atoms with van der Waals surface area (Å²) < 4.78 is 64.7. The highest BCUT2D eigenvalue weighted by molar-refractivity contribution is 8.15. The molecule has 1 N–H and O–H groups in total. The van der Waals surface area contributed by atoms with E-state index in [4.69, 9.17) is 9.47 Å². The monoisotopic (exact) mass is 698 g/mol. The van der Waals surface area contributed by atoms with Crippen LogP contribution in [0.1, 0.15) is 42.2 Å². The first-order chi connectivity index (χ1) is 23.4. The van der Waals surface area contributed by atoms with Gasteiger partial charge in [-0.05, 0) is 54.8 Å². The molecule has 3 aromatic rings. The predicted molar refractivity (Wildman–Crippen MR) is 179 cm³/mol. The average molecular weight is 699 g/mol. The number of carbonyl (C=O) groups is 3. The van der Waals surface area contributed by atoms with E-state index < -0.39 is 40.7 Å². The van der Waals surface area contributed by atoms with Gasteiger partial charge in [0.2, 0.25) is 11.8 Å². The molecule has 9 nitrogen and oxygen atoms in total. The van der Waals surface area contributed by atoms with Crippen molar-refractivity contribution >= 4 is 46.2 Å². The lowest BCUT2D eigenvalue weighted by Gasteiger charge is -2.21. The highest BCUT2D eigenvalue weighted by Gasteiger charge is 2.40. The molecule has 3 amide bonds. The van der Waals surface area contributed by atoms with Gasteiger partial charge in [0.25, 0.3) is 0 Å². The Morgan fingerprint density at radius 1 is 1.10 bits per heavy atom. The number of thioether (sulfide) groups is 1. The second-order valence-corrected chi connectivity index (χ2v) is 11.8. The molecule has 0 spiro atoms. The molecule has 0 saturated carbocycles. The minimum Gasteiger partial charge on any atom is -0.468 e. The number of carbonyl (C=O) groups excluding carboxylic acids is 3. The van der Waals surface area contributed by atoms with E-state index in [0.29, 0.717) is 36.3 Å². The summed E-state index contributed by atoms with van der Waals surface area (Å²) in [5.41, 5.74) is 0.0645. The number of ether oxygens (including phenoxy) is 2. The topological polar surface area (TPSA) is 101 Å². The zero-order chi connectivity index (χ0) is 35.6. The van der Waals surface area contributed by atoms with Gasteiger partial charge in [0.1, 0.15) is 30.0 Å². The number of amides is 3. The maximum absolute atomic E-state index is 13.9. The zero-order valence-electron chi connectivity index (χ0n) is 26.7. The van der Waals surface area contributed by atoms with Crippen molar-refractivity contribution in [2.24, 2.45) is 4.99 Å². The molecule has 49 heavy (non-hydrogen) atoms. The molecule has 1 fully saturated rings. The molecule has 0 radical (unpaired) electrons. The van der Waals surface area contributed by atoms with E-state index in [2.05, 4.69) is 16.9 Å². The number of benzene rings is 3. The van der Waals surface area contributed by atoms with Crippen LogP contribution < -0.4 is 5.32 Å². The van der Waals surface area contributed by atoms with Crippen LogP contribution in [0.2, 0.25) is 0 Å². The van der Waals surface area contributed by atoms with Crippen molar-refractivity contribution in [3.63, 3.8) is 0 Å². The molecular weight excluding hydrogens is 664 g/mol. The van der Waals surface area contributed by atoms with Crippen LogP contribution in [0.4, 0.5) is 33.7 Å². The van der Waals surface area contributed by atoms with Gasteiger partial charge >= 0.3 is 12.3 Å². The average Bonchev–Trinajstić information content (AvgIpc) is 3.37. The van der Waals surface area contributed by atoms with Crippen LogP contribution in [0.15, 0.2) is 102 Å². The lowest BCUT2D eigenvalue weighted by atomic mass is 10.1. The number of halogens is 4. The number of rotatable bonds is 13. The third kappa shape index (κ3) is 10.2. The second-order valence-electron chi connectivity index (χ2n) is 10.7. The highest BCUT2D eigenvalue weighted by Crippen LogP contribution is 2.42. The van der Waals surface area contributed by atoms with Crippen LogP contribution in [-0.4, -0.2) is 52.5 Å². The SMILES string of the molecule is C=C(CN1C(=O)C(c2ccc(NC(=O)CN(CCC)C(=O)OCc3ccccc3)cc2)SC1=Nc1ccc(F)c(C(F)(F)F)c1)O/C=C\C. The van der Waals surface area contributed by atoms with Crippen LogP contribution in [0.3, 0.4) is 0 Å². The van der Waals surface area contributed by atoms with Gasteiger partial charge in [-0.2, -0.15) is 13.2 Å². The maximum atomic E-state index is 13.9. The number of hydrogen-bond donors (Lipinski definition) is 1. The molecule has 4 rings (SSSR count). The fourth-order valence-corrected chi connectivity index (χ4v) is 5.79. The van der Waals surface area contributed by atoms with E-state index in [-0.39, 0.29) is 36.3 Å². The van der Waals surface area contributed by atoms with Crippen LogP contribution >= 0.6 is 11.8 Å². The van der Waals surface area contributed by atoms with Gasteiger partial charge in [-0.15, -0.1) is 0 Å². The fraction of sp³-hybridized carbons (Fsp3) is 0.257. The summed E-state index contributed by atoms with van der Waals surface area (Å²) in [6.07, 6.45) is -1.98. The van der Waals surface area contributed by atoms with Gasteiger partial charge in [-0.25, -0.2) is 14.2 Å². The lowest BCUT2D eigenvalue weighted by molar-refractivity contribution is -0.140. The first-order valence-corrected chi connectivity index (χ1v) is 16.0. The minimum absolute atomic E-state index is 0.0625. The van der Waals surface area contributed by atoms with Crippen molar-refractivity contribution in [3.8, 4) is 0 Å². The summed E-state index contributed by atoms with van der Waals surface area (Å²) in [6, 6.07) is 17.9. The van der Waals surface area contributed by atoms with E-state index in [1.807, 2.05) is 37.3 Å². The molecule has 1 atom stereocenters. The van der Waals surface area contributed by atoms with Gasteiger partial charge in [-0.1, -0.05) is 73.8 Å². The zero-order valence-corrected chi connectivity index (χ0v) is 27.5. The first-order valence-electron chi connectivity index (χ1n) is 15.1. The van der Waals surface area contributed by atoms with E-state index in [9.17, 15) is 31.9 Å². The number of amidine groups is 1. The Bertz CT molecular complexity index is 1720. The van der Waals surface area contributed by atoms with Gasteiger partial charge in [-0.3, -0.25) is 19.4 Å². The van der Waals surface area contributed by atoms with Gasteiger partial charge in [0, 0.05) is 12.2 Å². The molecule has 1 unspecified atom stereocenters. The normalized spacial score (nSPS) is 15.5. The summed E-state index contributed by atoms with van der Waals surface area (Å²) >= 11 is 0.989. The van der Waals surface area contributed by atoms with Crippen molar-refractivity contribution in [2.45, 2.75) is 38.3 Å². The summed E-state index contributed by atoms with van der Waals surface area (Å²) in [4.78, 5) is 45.9. The summed E-state index contributed by atoms with van der Waals surface area (Å²) in [5, 5.41) is 1.95. The molecule has 3 aromatic carbocycles. The minimum atomic E-state index is -4.94. The molecule has 0 aromatic heterocycles. The van der Waals surface area contributed by atoms with Gasteiger partial charge < -0.3 is 14.8 Å². The van der Waals surface area contributed by atoms with Crippen LogP contribution in [0.25, 0.3) is 0 Å². The van der Waals surface area contributed by atoms with Crippen molar-refractivity contribution in [1.29, 1.82) is 0 Å². The number of hydrogen-bond acceptors (Lipinski definition) is 7. The molecule has 0 aliphatic carbocycles. The molecule has 14 heteroatoms. The summed E-state index contributed by atoms with van der Waals surface area (Å²) in [6.45, 7) is 7.37. The Kier molecular flexibility index (Phi) is 12.6. The molecule has 1 saturated heterocycles. The number of allylic oxidation sites excluding steroid dienone is 1. The van der Waals surface area contributed by atoms with Crippen molar-refractivity contribution < 1.29 is 41.4 Å². The Morgan fingerprint density at radius 2 is 1.82 bits per heavy atom. The quantitative estimate of drug-likeness (QED) is 0.143. The lowest BCUT2D eigenvalue weighted by Crippen LogP contribution is -2.38. The van der Waals surface area contributed by atoms with E-state index in [1.54, 1.807) is 37.3 Å². The van der Waals surface area contributed by atoms with Crippen molar-refractivity contribution in [3.05, 3.63) is 120 Å². The Labute approximate surface area is 285 Å². The number of nitrogens with zero attached hydrogens (tertiary/aromatic N) is 3. The Balaban J connectivity index is 1.47. The smallest absolute Gasteiger partial charge is 0.419 e. The highest BCUT2D eigenvalue weighted by atomic mass is 32.2. The Morgan fingerprint density at radius 3 is 2.47 bits per heavy atom. The molecule has 0 bridgehead atoms. The first kappa shape index (κ1) is 36.7. The maximum Gasteiger partial charge on any atom is 0.419 e. The summed E-state index contributed by atoms with van der Waals surface area (Å²) in [5.74, 6) is -2.16. The standard InChI is InChI=1S/C35H34F4N4O5S/c1-4-17-42(34(46)48-22-24-9-7-6-8-10-24)21-30(44)40-26-13-11-25(12-14-26)31-32(45)43(20-23(3)47-18-5-2)33(49-31)41-27-15-16-29(36)28(19-27)35(37,38)39/h5-16,18-19,31H,3-4,17,20-22H2,1-2H3,(H,40,44)/b18-5-,41-33?. The number of alkyl halides is 3. The van der Waals surface area contributed by atoms with Crippen molar-refractivity contribution in [2.75, 3.05) is 25.0 Å². The largest absolute Gasteiger partial charge is 0.468 e. The Hall–Kier alpha value is -5.11. The van der Waals surface area contributed by atoms with Gasteiger partial charge in [0.05, 0.1) is 24.1 Å². The third-order valence-electron chi connectivity index (χ3n) is 6.92. The fourth-order valence-electron chi connectivity index (χ4n) is 4.62. The van der Waals surface area contributed by atoms with Crippen LogP contribution in [-0.2, 0) is 31.8 Å². The number of nitrogens with one attached hydrogen (secondary N) is 1. The van der Waals surface area contributed by atoms with Gasteiger partial charge in [0.15, 0.2) is 5.17 Å².